The second-order valence-corrected chi connectivity index (χ2v) is 10.0. The molecule has 1 saturated heterocycles. The summed E-state index contributed by atoms with van der Waals surface area (Å²) < 4.78 is 5.08. The van der Waals surface area contributed by atoms with E-state index in [0.29, 0.717) is 23.3 Å². The molecule has 33 heavy (non-hydrogen) atoms. The Balaban J connectivity index is 0.000000354. The van der Waals surface area contributed by atoms with E-state index in [1.54, 1.807) is 0 Å². The summed E-state index contributed by atoms with van der Waals surface area (Å²) in [5.74, 6) is 2.52. The van der Waals surface area contributed by atoms with Gasteiger partial charge in [-0.2, -0.15) is 5.26 Å². The van der Waals surface area contributed by atoms with E-state index in [-0.39, 0.29) is 12.1 Å². The third-order valence-corrected chi connectivity index (χ3v) is 6.64. The molecule has 3 rings (SSSR count). The van der Waals surface area contributed by atoms with Crippen LogP contribution in [0.5, 0.6) is 0 Å². The van der Waals surface area contributed by atoms with Crippen LogP contribution in [0.15, 0.2) is 18.2 Å². The van der Waals surface area contributed by atoms with Crippen molar-refractivity contribution in [1.29, 1.82) is 5.26 Å². The monoisotopic (exact) mass is 457 g/mol. The van der Waals surface area contributed by atoms with Gasteiger partial charge in [0, 0.05) is 11.8 Å². The van der Waals surface area contributed by atoms with Gasteiger partial charge < -0.3 is 15.3 Å². The predicted octanol–water partition coefficient (Wildman–Crippen LogP) is 5.37. The first-order valence-corrected chi connectivity index (χ1v) is 12.8. The van der Waals surface area contributed by atoms with E-state index < -0.39 is 0 Å². The summed E-state index contributed by atoms with van der Waals surface area (Å²) in [4.78, 5) is 13.7. The molecule has 2 aliphatic rings. The first-order chi connectivity index (χ1) is 15.7. The van der Waals surface area contributed by atoms with Gasteiger partial charge in [0.05, 0.1) is 31.0 Å². The van der Waals surface area contributed by atoms with Crippen LogP contribution < -0.4 is 5.73 Å². The molecule has 1 aromatic carbocycles. The van der Waals surface area contributed by atoms with Crippen molar-refractivity contribution in [3.8, 4) is 6.07 Å². The molecule has 0 amide bonds. The lowest BCUT2D eigenvalue weighted by Gasteiger charge is -2.29. The van der Waals surface area contributed by atoms with Gasteiger partial charge in [-0.1, -0.05) is 40.7 Å². The fourth-order valence-electron chi connectivity index (χ4n) is 4.70. The molecular formula is C28H47N3O2. The predicted molar refractivity (Wildman–Crippen MR) is 137 cm³/mol. The molecule has 0 spiro atoms. The molecule has 2 N–H and O–H groups in total. The Kier molecular flexibility index (Phi) is 13.5. The van der Waals surface area contributed by atoms with Crippen LogP contribution in [-0.2, 0) is 16.0 Å². The number of hydrogen-bond acceptors (Lipinski definition) is 5. The highest BCUT2D eigenvalue weighted by atomic mass is 16.5. The first-order valence-electron chi connectivity index (χ1n) is 12.8. The number of nitrogens with two attached hydrogens (primary N) is 1. The van der Waals surface area contributed by atoms with Crippen LogP contribution in [-0.4, -0.2) is 44.2 Å². The first kappa shape index (κ1) is 29.3. The molecule has 0 saturated carbocycles. The molecule has 1 aromatic rings. The Morgan fingerprint density at radius 2 is 1.91 bits per heavy atom. The van der Waals surface area contributed by atoms with E-state index in [1.165, 1.54) is 18.4 Å². The van der Waals surface area contributed by atoms with Crippen LogP contribution in [0, 0.1) is 35.0 Å². The maximum absolute atomic E-state index is 11.5. The molecule has 5 heteroatoms. The number of carbonyl (C=O) groups excluding carboxylic acids is 1. The fourth-order valence-corrected chi connectivity index (χ4v) is 4.70. The van der Waals surface area contributed by atoms with Crippen molar-refractivity contribution in [3.05, 3.63) is 34.9 Å². The lowest BCUT2D eigenvalue weighted by molar-refractivity contribution is -0.110. The molecule has 4 atom stereocenters. The van der Waals surface area contributed by atoms with Crippen molar-refractivity contribution in [2.45, 2.75) is 79.3 Å². The van der Waals surface area contributed by atoms with Crippen LogP contribution in [0.25, 0.3) is 0 Å². The summed E-state index contributed by atoms with van der Waals surface area (Å²) in [6, 6.07) is 7.96. The van der Waals surface area contributed by atoms with E-state index in [1.807, 2.05) is 39.0 Å². The van der Waals surface area contributed by atoms with Gasteiger partial charge in [0.1, 0.15) is 6.29 Å². The highest BCUT2D eigenvalue weighted by Gasteiger charge is 2.33. The number of nitrogens with zero attached hydrogens (tertiary/aromatic N) is 2. The highest BCUT2D eigenvalue weighted by Crippen LogP contribution is 2.41. The standard InChI is InChI=1S/C18H23NO.C8H18N2O.C2H6/c1-12(2)6-13(3)7-16-9-15-5-4-14(10-19)8-17(15)18(16)11-20;1-7(9)10(2)4-3-8-5-11-6-8;1-2/h4-5,8,11-13,16,18H,6-7,9H2,1-3H3;7-8H,3-6,9H2,1-2H3;1-2H3. The summed E-state index contributed by atoms with van der Waals surface area (Å²) in [5.41, 5.74) is 8.67. The van der Waals surface area contributed by atoms with Crippen molar-refractivity contribution in [1.82, 2.24) is 4.90 Å². The molecule has 186 valence electrons. The van der Waals surface area contributed by atoms with E-state index in [9.17, 15) is 4.79 Å². The average Bonchev–Trinajstić information content (AvgIpc) is 3.09. The molecule has 1 fully saturated rings. The Morgan fingerprint density at radius 1 is 1.24 bits per heavy atom. The van der Waals surface area contributed by atoms with Gasteiger partial charge in [0.25, 0.3) is 0 Å². The normalized spacial score (nSPS) is 21.0. The summed E-state index contributed by atoms with van der Waals surface area (Å²) in [6.45, 7) is 15.8. The van der Waals surface area contributed by atoms with Crippen molar-refractivity contribution < 1.29 is 9.53 Å². The highest BCUT2D eigenvalue weighted by molar-refractivity contribution is 5.67. The fraction of sp³-hybridized carbons (Fsp3) is 0.714. The number of hydrogen-bond donors (Lipinski definition) is 1. The number of ether oxygens (including phenoxy) is 1. The third-order valence-electron chi connectivity index (χ3n) is 6.64. The minimum atomic E-state index is -0.0205. The maximum Gasteiger partial charge on any atom is 0.127 e. The van der Waals surface area contributed by atoms with Crippen LogP contribution in [0.2, 0.25) is 0 Å². The van der Waals surface area contributed by atoms with Crippen molar-refractivity contribution >= 4 is 6.29 Å². The zero-order chi connectivity index (χ0) is 25.0. The van der Waals surface area contributed by atoms with Gasteiger partial charge in [-0.25, -0.2) is 0 Å². The molecule has 1 aliphatic heterocycles. The average molecular weight is 458 g/mol. The number of aldehydes is 1. The summed E-state index contributed by atoms with van der Waals surface area (Å²) >= 11 is 0. The van der Waals surface area contributed by atoms with E-state index in [4.69, 9.17) is 15.7 Å². The van der Waals surface area contributed by atoms with E-state index in [2.05, 4.69) is 38.8 Å². The number of rotatable bonds is 9. The zero-order valence-electron chi connectivity index (χ0n) is 22.0. The zero-order valence-corrected chi connectivity index (χ0v) is 22.0. The lowest BCUT2D eigenvalue weighted by atomic mass is 9.83. The Bertz CT molecular complexity index is 737. The van der Waals surface area contributed by atoms with Crippen molar-refractivity contribution in [3.63, 3.8) is 0 Å². The van der Waals surface area contributed by atoms with Gasteiger partial charge >= 0.3 is 0 Å². The Hall–Kier alpha value is -1.74. The second kappa shape index (κ2) is 15.2. The summed E-state index contributed by atoms with van der Waals surface area (Å²) in [7, 11) is 2.06. The Morgan fingerprint density at radius 3 is 2.39 bits per heavy atom. The molecule has 0 bridgehead atoms. The van der Waals surface area contributed by atoms with Gasteiger partial charge in [-0.05, 0) is 87.2 Å². The quantitative estimate of drug-likeness (QED) is 0.398. The van der Waals surface area contributed by atoms with E-state index >= 15 is 0 Å². The van der Waals surface area contributed by atoms with Crippen LogP contribution in [0.1, 0.15) is 83.4 Å². The van der Waals surface area contributed by atoms with E-state index in [0.717, 1.165) is 50.4 Å². The smallest absolute Gasteiger partial charge is 0.127 e. The number of benzene rings is 1. The molecule has 1 heterocycles. The second-order valence-electron chi connectivity index (χ2n) is 10.0. The van der Waals surface area contributed by atoms with Gasteiger partial charge in [0.2, 0.25) is 0 Å². The molecule has 1 aliphatic carbocycles. The van der Waals surface area contributed by atoms with Crippen molar-refractivity contribution in [2.24, 2.45) is 29.4 Å². The Labute approximate surface area is 202 Å². The minimum Gasteiger partial charge on any atom is -0.381 e. The largest absolute Gasteiger partial charge is 0.381 e. The number of fused-ring (bicyclic) bond motifs is 1. The topological polar surface area (TPSA) is 79.3 Å². The molecular weight excluding hydrogens is 410 g/mol. The number of carbonyl (C=O) groups is 1. The molecule has 4 unspecified atom stereocenters. The molecule has 0 aromatic heterocycles. The maximum atomic E-state index is 11.5. The van der Waals surface area contributed by atoms with Gasteiger partial charge in [0.15, 0.2) is 0 Å². The van der Waals surface area contributed by atoms with Crippen LogP contribution >= 0.6 is 0 Å². The third kappa shape index (κ3) is 9.57. The van der Waals surface area contributed by atoms with Gasteiger partial charge in [-0.15, -0.1) is 0 Å². The van der Waals surface area contributed by atoms with Crippen LogP contribution in [0.4, 0.5) is 0 Å². The molecule has 5 nitrogen and oxygen atoms in total. The summed E-state index contributed by atoms with van der Waals surface area (Å²) in [6.07, 6.45) is 5.76. The molecule has 0 radical (unpaired) electrons. The summed E-state index contributed by atoms with van der Waals surface area (Å²) in [5, 5.41) is 9.00. The number of nitriles is 1. The van der Waals surface area contributed by atoms with Crippen molar-refractivity contribution in [2.75, 3.05) is 26.8 Å². The SMILES string of the molecule is CC.CC(C)CC(C)CC1Cc2ccc(C#N)cc2C1C=O.CC(N)N(C)CCC1COC1. The lowest BCUT2D eigenvalue weighted by Crippen LogP contribution is -2.39. The van der Waals surface area contributed by atoms with Gasteiger partial charge in [-0.3, -0.25) is 4.90 Å². The van der Waals surface area contributed by atoms with Crippen LogP contribution in [0.3, 0.4) is 0 Å². The minimum absolute atomic E-state index is 0.0205.